The minimum Gasteiger partial charge on any atom is -0.376 e. The topological polar surface area (TPSA) is 66.0 Å². The lowest BCUT2D eigenvalue weighted by molar-refractivity contribution is -0.132. The quantitative estimate of drug-likeness (QED) is 0.741. The third-order valence-corrected chi connectivity index (χ3v) is 5.53. The third kappa shape index (κ3) is 6.29. The van der Waals surface area contributed by atoms with E-state index in [2.05, 4.69) is 29.6 Å². The molecule has 6 heteroatoms. The van der Waals surface area contributed by atoms with Gasteiger partial charge in [0.1, 0.15) is 6.17 Å². The average molecular weight is 417 g/mol. The molecule has 2 heterocycles. The molecule has 1 amide bonds. The standard InChI is InChI=1S/C20H28N4O2.2C2H6/c1-20(2)10-6-9-16(12-20)26-13-15-11-17(25)24-19(21-15)22-18(23-24)14-7-4-3-5-8-14;2*1-2/h3-5,7-8,15-16,18,23H,6,9-13H2,1-2H3,(H,21,22);2*1-2H3. The van der Waals surface area contributed by atoms with Crippen molar-refractivity contribution in [2.75, 3.05) is 6.61 Å². The molecule has 1 aromatic carbocycles. The molecule has 1 saturated carbocycles. The predicted octanol–water partition coefficient (Wildman–Crippen LogP) is 4.79. The third-order valence-electron chi connectivity index (χ3n) is 5.53. The summed E-state index contributed by atoms with van der Waals surface area (Å²) in [6.45, 7) is 13.2. The Morgan fingerprint density at radius 3 is 2.53 bits per heavy atom. The number of rotatable bonds is 4. The highest BCUT2D eigenvalue weighted by molar-refractivity contribution is 6.00. The zero-order valence-corrected chi connectivity index (χ0v) is 19.6. The van der Waals surface area contributed by atoms with Gasteiger partial charge in [0.15, 0.2) is 0 Å². The molecule has 2 fully saturated rings. The summed E-state index contributed by atoms with van der Waals surface area (Å²) in [4.78, 5) is 17.1. The van der Waals surface area contributed by atoms with Gasteiger partial charge in [0, 0.05) is 0 Å². The van der Waals surface area contributed by atoms with Crippen molar-refractivity contribution in [3.05, 3.63) is 35.9 Å². The summed E-state index contributed by atoms with van der Waals surface area (Å²) < 4.78 is 6.16. The number of nitrogens with one attached hydrogen (secondary N) is 2. The van der Waals surface area contributed by atoms with Crippen molar-refractivity contribution in [2.45, 2.75) is 92.0 Å². The second-order valence-electron chi connectivity index (χ2n) is 8.39. The molecule has 0 aromatic heterocycles. The second kappa shape index (κ2) is 11.5. The summed E-state index contributed by atoms with van der Waals surface area (Å²) in [5, 5.41) is 4.91. The van der Waals surface area contributed by atoms with E-state index >= 15 is 0 Å². The number of aliphatic imine (C=N–C) groups is 1. The van der Waals surface area contributed by atoms with Gasteiger partial charge in [-0.05, 0) is 30.2 Å². The van der Waals surface area contributed by atoms with Crippen LogP contribution < -0.4 is 10.7 Å². The highest BCUT2D eigenvalue weighted by atomic mass is 16.5. The second-order valence-corrected chi connectivity index (χ2v) is 8.39. The summed E-state index contributed by atoms with van der Waals surface area (Å²) in [7, 11) is 0. The van der Waals surface area contributed by atoms with E-state index in [0.29, 0.717) is 30.5 Å². The first-order valence-electron chi connectivity index (χ1n) is 11.6. The fraction of sp³-hybridized carbons (Fsp3) is 0.667. The molecule has 2 N–H and O–H groups in total. The van der Waals surface area contributed by atoms with Gasteiger partial charge in [0.2, 0.25) is 11.9 Å². The summed E-state index contributed by atoms with van der Waals surface area (Å²) in [6, 6.07) is 9.94. The first-order chi connectivity index (χ1) is 14.5. The Balaban J connectivity index is 0.000000757. The van der Waals surface area contributed by atoms with Gasteiger partial charge >= 0.3 is 0 Å². The number of benzene rings is 1. The van der Waals surface area contributed by atoms with Crippen LogP contribution in [-0.4, -0.2) is 35.6 Å². The summed E-state index contributed by atoms with van der Waals surface area (Å²) in [5.74, 6) is 0.645. The highest BCUT2D eigenvalue weighted by Crippen LogP contribution is 2.36. The van der Waals surface area contributed by atoms with Gasteiger partial charge in [0.05, 0.1) is 25.2 Å². The minimum atomic E-state index is -0.221. The van der Waals surface area contributed by atoms with E-state index in [4.69, 9.17) is 4.74 Å². The van der Waals surface area contributed by atoms with Crippen LogP contribution in [0.5, 0.6) is 0 Å². The van der Waals surface area contributed by atoms with Crippen molar-refractivity contribution >= 4 is 11.9 Å². The maximum absolute atomic E-state index is 12.5. The molecular weight excluding hydrogens is 376 g/mol. The van der Waals surface area contributed by atoms with Gasteiger partial charge in [-0.25, -0.2) is 10.0 Å². The van der Waals surface area contributed by atoms with E-state index in [0.717, 1.165) is 18.4 Å². The van der Waals surface area contributed by atoms with E-state index in [9.17, 15) is 4.79 Å². The van der Waals surface area contributed by atoms with Crippen LogP contribution in [0.3, 0.4) is 0 Å². The van der Waals surface area contributed by atoms with Crippen LogP contribution in [0.4, 0.5) is 0 Å². The molecule has 1 saturated heterocycles. The van der Waals surface area contributed by atoms with Gasteiger partial charge < -0.3 is 10.1 Å². The van der Waals surface area contributed by atoms with Crippen LogP contribution in [0.15, 0.2) is 35.3 Å². The predicted molar refractivity (Wildman–Crippen MR) is 123 cm³/mol. The fourth-order valence-corrected chi connectivity index (χ4v) is 4.13. The van der Waals surface area contributed by atoms with Gasteiger partial charge in [-0.1, -0.05) is 78.3 Å². The molecule has 4 rings (SSSR count). The molecule has 0 spiro atoms. The number of nitrogens with zero attached hydrogens (tertiary/aromatic N) is 2. The zero-order chi connectivity index (χ0) is 22.1. The largest absolute Gasteiger partial charge is 0.376 e. The van der Waals surface area contributed by atoms with Gasteiger partial charge in [0.25, 0.3) is 0 Å². The fourth-order valence-electron chi connectivity index (χ4n) is 4.13. The SMILES string of the molecule is CC.CC.CC1(C)CCCC(OCC2CC(=O)N3NC(c4ccccc4)N=C3N2)C1. The van der Waals surface area contributed by atoms with E-state index in [1.54, 1.807) is 0 Å². The lowest BCUT2D eigenvalue weighted by Crippen LogP contribution is -2.58. The number of hydrazine groups is 1. The first-order valence-corrected chi connectivity index (χ1v) is 11.6. The van der Waals surface area contributed by atoms with Crippen molar-refractivity contribution in [2.24, 2.45) is 10.4 Å². The van der Waals surface area contributed by atoms with Crippen LogP contribution in [-0.2, 0) is 9.53 Å². The van der Waals surface area contributed by atoms with E-state index in [-0.39, 0.29) is 18.1 Å². The van der Waals surface area contributed by atoms with Crippen molar-refractivity contribution < 1.29 is 9.53 Å². The molecule has 2 aliphatic heterocycles. The highest BCUT2D eigenvalue weighted by Gasteiger charge is 2.37. The molecular formula is C24H40N4O2. The number of amides is 1. The number of fused-ring (bicyclic) bond motifs is 1. The number of ether oxygens (including phenoxy) is 1. The molecule has 0 bridgehead atoms. The van der Waals surface area contributed by atoms with Gasteiger partial charge in [-0.3, -0.25) is 4.79 Å². The molecule has 3 unspecified atom stereocenters. The smallest absolute Gasteiger partial charge is 0.246 e. The molecule has 1 aromatic rings. The molecule has 6 nitrogen and oxygen atoms in total. The van der Waals surface area contributed by atoms with Crippen LogP contribution in [0.2, 0.25) is 0 Å². The number of guanidine groups is 1. The monoisotopic (exact) mass is 416 g/mol. The Kier molecular flexibility index (Phi) is 9.31. The Hall–Kier alpha value is -1.92. The lowest BCUT2D eigenvalue weighted by atomic mass is 9.76. The maximum Gasteiger partial charge on any atom is 0.246 e. The van der Waals surface area contributed by atoms with Gasteiger partial charge in [-0.15, -0.1) is 0 Å². The van der Waals surface area contributed by atoms with Crippen LogP contribution in [0.1, 0.15) is 85.4 Å². The van der Waals surface area contributed by atoms with Crippen molar-refractivity contribution in [1.82, 2.24) is 15.8 Å². The minimum absolute atomic E-state index is 0.0149. The molecule has 3 aliphatic rings. The Bertz CT molecular complexity index is 690. The van der Waals surface area contributed by atoms with E-state index in [1.165, 1.54) is 17.9 Å². The average Bonchev–Trinajstić information content (AvgIpc) is 3.20. The van der Waals surface area contributed by atoms with Crippen LogP contribution in [0, 0.1) is 5.41 Å². The number of carbonyl (C=O) groups is 1. The van der Waals surface area contributed by atoms with E-state index in [1.807, 2.05) is 58.0 Å². The molecule has 0 radical (unpaired) electrons. The number of hydrogen-bond acceptors (Lipinski definition) is 5. The molecule has 3 atom stereocenters. The number of carbonyl (C=O) groups excluding carboxylic acids is 1. The van der Waals surface area contributed by atoms with Crippen molar-refractivity contribution in [1.29, 1.82) is 0 Å². The van der Waals surface area contributed by atoms with E-state index < -0.39 is 0 Å². The Morgan fingerprint density at radius 2 is 1.87 bits per heavy atom. The summed E-state index contributed by atoms with van der Waals surface area (Å²) in [6.07, 6.45) is 5.20. The maximum atomic E-state index is 12.5. The molecule has 168 valence electrons. The zero-order valence-electron chi connectivity index (χ0n) is 19.6. The van der Waals surface area contributed by atoms with Crippen LogP contribution in [0.25, 0.3) is 0 Å². The number of hydrogen-bond donors (Lipinski definition) is 2. The van der Waals surface area contributed by atoms with Gasteiger partial charge in [-0.2, -0.15) is 5.43 Å². The normalized spacial score (nSPS) is 26.9. The van der Waals surface area contributed by atoms with Crippen molar-refractivity contribution in [3.8, 4) is 0 Å². The Labute approximate surface area is 182 Å². The Morgan fingerprint density at radius 1 is 1.17 bits per heavy atom. The van der Waals surface area contributed by atoms with Crippen LogP contribution >= 0.6 is 0 Å². The summed E-state index contributed by atoms with van der Waals surface area (Å²) >= 11 is 0. The lowest BCUT2D eigenvalue weighted by Gasteiger charge is -2.36. The summed E-state index contributed by atoms with van der Waals surface area (Å²) in [5.41, 5.74) is 4.57. The molecule has 1 aliphatic carbocycles. The van der Waals surface area contributed by atoms with Crippen molar-refractivity contribution in [3.63, 3.8) is 0 Å². The first kappa shape index (κ1) is 24.4. The molecule has 30 heavy (non-hydrogen) atoms.